The van der Waals surface area contributed by atoms with Gasteiger partial charge in [-0.15, -0.1) is 0 Å². The minimum Gasteiger partial charge on any atom is -0.387 e. The Bertz CT molecular complexity index is 528. The molecule has 1 atom stereocenters. The standard InChI is InChI=1S/C15H21N3O2/c1-10-4-6-12(13(8-10)16-2)15(20)17-11-5-7-14(19)18(3)9-11/h4,6,8,11,16H,5,7,9H2,1-3H3,(H,17,20). The van der Waals surface area contributed by atoms with Crippen LogP contribution in [0.2, 0.25) is 0 Å². The minimum absolute atomic E-state index is 0.0243. The number of carbonyl (C=O) groups excluding carboxylic acids is 2. The van der Waals surface area contributed by atoms with Gasteiger partial charge < -0.3 is 15.5 Å². The number of carbonyl (C=O) groups is 2. The highest BCUT2D eigenvalue weighted by Gasteiger charge is 2.24. The van der Waals surface area contributed by atoms with Gasteiger partial charge in [0.15, 0.2) is 0 Å². The third kappa shape index (κ3) is 3.10. The lowest BCUT2D eigenvalue weighted by Crippen LogP contribution is -2.48. The summed E-state index contributed by atoms with van der Waals surface area (Å²) >= 11 is 0. The molecule has 0 aromatic heterocycles. The van der Waals surface area contributed by atoms with E-state index < -0.39 is 0 Å². The monoisotopic (exact) mass is 275 g/mol. The minimum atomic E-state index is -0.0953. The van der Waals surface area contributed by atoms with Crippen molar-refractivity contribution in [1.82, 2.24) is 10.2 Å². The molecule has 0 bridgehead atoms. The van der Waals surface area contributed by atoms with E-state index in [1.54, 1.807) is 19.0 Å². The van der Waals surface area contributed by atoms with Crippen molar-refractivity contribution in [2.24, 2.45) is 0 Å². The fraction of sp³-hybridized carbons (Fsp3) is 0.467. The summed E-state index contributed by atoms with van der Waals surface area (Å²) in [5.74, 6) is 0.0452. The Morgan fingerprint density at radius 3 is 2.80 bits per heavy atom. The number of hydrogen-bond donors (Lipinski definition) is 2. The van der Waals surface area contributed by atoms with E-state index in [-0.39, 0.29) is 17.9 Å². The van der Waals surface area contributed by atoms with Crippen molar-refractivity contribution in [2.75, 3.05) is 26.0 Å². The van der Waals surface area contributed by atoms with E-state index in [1.807, 2.05) is 25.1 Å². The molecule has 20 heavy (non-hydrogen) atoms. The van der Waals surface area contributed by atoms with E-state index in [4.69, 9.17) is 0 Å². The van der Waals surface area contributed by atoms with Crippen molar-refractivity contribution >= 4 is 17.5 Å². The first-order valence-electron chi connectivity index (χ1n) is 6.84. The maximum absolute atomic E-state index is 12.3. The number of aryl methyl sites for hydroxylation is 1. The SMILES string of the molecule is CNc1cc(C)ccc1C(=O)NC1CCC(=O)N(C)C1. The Labute approximate surface area is 119 Å². The second kappa shape index (κ2) is 5.94. The van der Waals surface area contributed by atoms with Crippen molar-refractivity contribution in [3.8, 4) is 0 Å². The lowest BCUT2D eigenvalue weighted by molar-refractivity contribution is -0.132. The zero-order valence-corrected chi connectivity index (χ0v) is 12.2. The fourth-order valence-corrected chi connectivity index (χ4v) is 2.46. The third-order valence-corrected chi connectivity index (χ3v) is 3.65. The summed E-state index contributed by atoms with van der Waals surface area (Å²) in [6.07, 6.45) is 1.20. The molecule has 1 fully saturated rings. The van der Waals surface area contributed by atoms with Gasteiger partial charge in [-0.25, -0.2) is 0 Å². The van der Waals surface area contributed by atoms with E-state index in [9.17, 15) is 9.59 Å². The first-order valence-corrected chi connectivity index (χ1v) is 6.84. The predicted octanol–water partition coefficient (Wildman–Crippen LogP) is 1.39. The molecule has 108 valence electrons. The summed E-state index contributed by atoms with van der Waals surface area (Å²) in [4.78, 5) is 25.4. The molecule has 1 aromatic rings. The van der Waals surface area contributed by atoms with E-state index in [0.29, 0.717) is 24.9 Å². The number of piperidine rings is 1. The lowest BCUT2D eigenvalue weighted by Gasteiger charge is -2.30. The van der Waals surface area contributed by atoms with Crippen molar-refractivity contribution < 1.29 is 9.59 Å². The highest BCUT2D eigenvalue weighted by molar-refractivity contribution is 6.00. The van der Waals surface area contributed by atoms with Gasteiger partial charge in [-0.3, -0.25) is 9.59 Å². The summed E-state index contributed by atoms with van der Waals surface area (Å²) < 4.78 is 0. The zero-order chi connectivity index (χ0) is 14.7. The van der Waals surface area contributed by atoms with Gasteiger partial charge >= 0.3 is 0 Å². The van der Waals surface area contributed by atoms with Crippen LogP contribution < -0.4 is 10.6 Å². The molecule has 1 aromatic carbocycles. The summed E-state index contributed by atoms with van der Waals surface area (Å²) in [7, 11) is 3.57. The van der Waals surface area contributed by atoms with Crippen LogP contribution in [0, 0.1) is 6.92 Å². The topological polar surface area (TPSA) is 61.4 Å². The lowest BCUT2D eigenvalue weighted by atomic mass is 10.0. The van der Waals surface area contributed by atoms with Crippen molar-refractivity contribution in [3.63, 3.8) is 0 Å². The molecule has 2 N–H and O–H groups in total. The van der Waals surface area contributed by atoms with Gasteiger partial charge in [0.2, 0.25) is 5.91 Å². The second-order valence-corrected chi connectivity index (χ2v) is 5.28. The van der Waals surface area contributed by atoms with Crippen molar-refractivity contribution in [1.29, 1.82) is 0 Å². The Kier molecular flexibility index (Phi) is 4.27. The normalized spacial score (nSPS) is 18.9. The summed E-state index contributed by atoms with van der Waals surface area (Å²) in [5.41, 5.74) is 2.56. The number of rotatable bonds is 3. The Morgan fingerprint density at radius 1 is 1.40 bits per heavy atom. The second-order valence-electron chi connectivity index (χ2n) is 5.28. The van der Waals surface area contributed by atoms with Crippen LogP contribution in [0.15, 0.2) is 18.2 Å². The van der Waals surface area contributed by atoms with Gasteiger partial charge in [0.05, 0.1) is 5.56 Å². The van der Waals surface area contributed by atoms with E-state index in [2.05, 4.69) is 10.6 Å². The number of hydrogen-bond acceptors (Lipinski definition) is 3. The number of likely N-dealkylation sites (tertiary alicyclic amines) is 1. The fourth-order valence-electron chi connectivity index (χ4n) is 2.46. The van der Waals surface area contributed by atoms with Crippen LogP contribution in [-0.4, -0.2) is 43.4 Å². The Morgan fingerprint density at radius 2 is 2.15 bits per heavy atom. The van der Waals surface area contributed by atoms with Crippen LogP contribution in [0.1, 0.15) is 28.8 Å². The number of benzene rings is 1. The molecule has 0 spiro atoms. The summed E-state index contributed by atoms with van der Waals surface area (Å²) in [5, 5.41) is 6.05. The molecule has 0 saturated carbocycles. The quantitative estimate of drug-likeness (QED) is 0.876. The molecule has 2 amide bonds. The molecule has 5 nitrogen and oxygen atoms in total. The van der Waals surface area contributed by atoms with Crippen LogP contribution in [0.4, 0.5) is 5.69 Å². The van der Waals surface area contributed by atoms with Crippen LogP contribution in [0.3, 0.4) is 0 Å². The number of likely N-dealkylation sites (N-methyl/N-ethyl adjacent to an activating group) is 1. The molecule has 1 heterocycles. The Balaban J connectivity index is 2.07. The summed E-state index contributed by atoms with van der Waals surface area (Å²) in [6.45, 7) is 2.57. The number of nitrogens with zero attached hydrogens (tertiary/aromatic N) is 1. The van der Waals surface area contributed by atoms with E-state index >= 15 is 0 Å². The molecule has 1 saturated heterocycles. The molecular formula is C15H21N3O2. The average Bonchev–Trinajstić information content (AvgIpc) is 2.42. The third-order valence-electron chi connectivity index (χ3n) is 3.65. The largest absolute Gasteiger partial charge is 0.387 e. The van der Waals surface area contributed by atoms with Crippen molar-refractivity contribution in [3.05, 3.63) is 29.3 Å². The molecule has 5 heteroatoms. The molecule has 0 aliphatic carbocycles. The molecule has 2 rings (SSSR count). The first-order chi connectivity index (χ1) is 9.51. The predicted molar refractivity (Wildman–Crippen MR) is 78.9 cm³/mol. The average molecular weight is 275 g/mol. The zero-order valence-electron chi connectivity index (χ0n) is 12.2. The summed E-state index contributed by atoms with van der Waals surface area (Å²) in [6, 6.07) is 5.72. The maximum Gasteiger partial charge on any atom is 0.253 e. The number of nitrogens with one attached hydrogen (secondary N) is 2. The highest BCUT2D eigenvalue weighted by Crippen LogP contribution is 2.18. The number of amides is 2. The van der Waals surface area contributed by atoms with E-state index in [0.717, 1.165) is 11.3 Å². The molecule has 1 aliphatic heterocycles. The van der Waals surface area contributed by atoms with Crippen LogP contribution in [0.5, 0.6) is 0 Å². The maximum atomic E-state index is 12.3. The van der Waals surface area contributed by atoms with Crippen LogP contribution in [-0.2, 0) is 4.79 Å². The van der Waals surface area contributed by atoms with Gasteiger partial charge in [-0.1, -0.05) is 6.07 Å². The van der Waals surface area contributed by atoms with Gasteiger partial charge in [0, 0.05) is 38.8 Å². The molecular weight excluding hydrogens is 254 g/mol. The van der Waals surface area contributed by atoms with E-state index in [1.165, 1.54) is 0 Å². The van der Waals surface area contributed by atoms with Crippen molar-refractivity contribution in [2.45, 2.75) is 25.8 Å². The van der Waals surface area contributed by atoms with Gasteiger partial charge in [0.1, 0.15) is 0 Å². The molecule has 1 unspecified atom stereocenters. The van der Waals surface area contributed by atoms with Crippen LogP contribution >= 0.6 is 0 Å². The molecule has 1 aliphatic rings. The highest BCUT2D eigenvalue weighted by atomic mass is 16.2. The number of anilines is 1. The Hall–Kier alpha value is -2.04. The van der Waals surface area contributed by atoms with Crippen LogP contribution in [0.25, 0.3) is 0 Å². The van der Waals surface area contributed by atoms with Gasteiger partial charge in [-0.2, -0.15) is 0 Å². The first kappa shape index (κ1) is 14.4. The van der Waals surface area contributed by atoms with Gasteiger partial charge in [-0.05, 0) is 31.0 Å². The van der Waals surface area contributed by atoms with Gasteiger partial charge in [0.25, 0.3) is 5.91 Å². The smallest absolute Gasteiger partial charge is 0.253 e. The molecule has 0 radical (unpaired) electrons.